The van der Waals surface area contributed by atoms with E-state index in [1.165, 1.54) is 15.5 Å². The van der Waals surface area contributed by atoms with Gasteiger partial charge in [-0.1, -0.05) is 35.5 Å². The van der Waals surface area contributed by atoms with Gasteiger partial charge >= 0.3 is 0 Å². The van der Waals surface area contributed by atoms with Crippen LogP contribution in [-0.2, 0) is 0 Å². The van der Waals surface area contributed by atoms with Crippen LogP contribution in [0.15, 0.2) is 87.6 Å². The fourth-order valence-corrected chi connectivity index (χ4v) is 3.19. The number of anilines is 1. The van der Waals surface area contributed by atoms with Gasteiger partial charge in [0.15, 0.2) is 0 Å². The minimum atomic E-state index is 0.759. The highest BCUT2D eigenvalue weighted by molar-refractivity contribution is 7.99. The largest absolute Gasteiger partial charge is 0.378 e. The number of aliphatic imine (C=N–C) groups is 1. The maximum atomic E-state index is 5.92. The summed E-state index contributed by atoms with van der Waals surface area (Å²) in [6, 6.07) is 24.4. The summed E-state index contributed by atoms with van der Waals surface area (Å²) in [5.41, 5.74) is 3.20. The number of benzene rings is 3. The molecule has 0 fully saturated rings. The van der Waals surface area contributed by atoms with Crippen LogP contribution < -0.4 is 4.90 Å². The van der Waals surface area contributed by atoms with Crippen molar-refractivity contribution in [2.24, 2.45) is 4.99 Å². The van der Waals surface area contributed by atoms with Crippen LogP contribution in [0.25, 0.3) is 0 Å². The Hall–Kier alpha value is -2.23. The minimum absolute atomic E-state index is 0.759. The van der Waals surface area contributed by atoms with Crippen LogP contribution >= 0.6 is 23.4 Å². The summed E-state index contributed by atoms with van der Waals surface area (Å²) >= 11 is 7.63. The van der Waals surface area contributed by atoms with Crippen LogP contribution in [0.2, 0.25) is 5.02 Å². The highest BCUT2D eigenvalue weighted by Crippen LogP contribution is 2.28. The highest BCUT2D eigenvalue weighted by Gasteiger charge is 1.98. The van der Waals surface area contributed by atoms with Gasteiger partial charge in [-0.25, -0.2) is 0 Å². The fourth-order valence-electron chi connectivity index (χ4n) is 2.25. The van der Waals surface area contributed by atoms with Crippen molar-refractivity contribution >= 4 is 41.0 Å². The van der Waals surface area contributed by atoms with Crippen LogP contribution in [-0.4, -0.2) is 20.3 Å². The van der Waals surface area contributed by atoms with Gasteiger partial charge in [0.2, 0.25) is 0 Å². The molecule has 25 heavy (non-hydrogen) atoms. The quantitative estimate of drug-likeness (QED) is 0.492. The molecule has 126 valence electrons. The van der Waals surface area contributed by atoms with E-state index in [2.05, 4.69) is 46.3 Å². The van der Waals surface area contributed by atoms with E-state index in [1.54, 1.807) is 11.8 Å². The van der Waals surface area contributed by atoms with Gasteiger partial charge in [0.25, 0.3) is 0 Å². The standard InChI is InChI=1S/C21H19ClN2S/c1-24(2)19-9-7-18(8-10-19)23-15-16-3-11-20(12-4-16)25-21-13-5-17(22)6-14-21/h3-15H,1-2H3. The minimum Gasteiger partial charge on any atom is -0.378 e. The SMILES string of the molecule is CN(C)c1ccc(N=Cc2ccc(Sc3ccc(Cl)cc3)cc2)cc1. The Balaban J connectivity index is 1.64. The lowest BCUT2D eigenvalue weighted by molar-refractivity contribution is 1.13. The van der Waals surface area contributed by atoms with E-state index in [0.717, 1.165) is 16.3 Å². The zero-order valence-electron chi connectivity index (χ0n) is 14.2. The van der Waals surface area contributed by atoms with Crippen LogP contribution in [0, 0.1) is 0 Å². The van der Waals surface area contributed by atoms with Crippen LogP contribution in [0.1, 0.15) is 5.56 Å². The van der Waals surface area contributed by atoms with Crippen molar-refractivity contribution in [3.8, 4) is 0 Å². The second-order valence-corrected chi connectivity index (χ2v) is 7.38. The molecule has 3 aromatic rings. The number of nitrogens with zero attached hydrogens (tertiary/aromatic N) is 2. The molecule has 4 heteroatoms. The van der Waals surface area contributed by atoms with E-state index < -0.39 is 0 Å². The third kappa shape index (κ3) is 5.12. The third-order valence-electron chi connectivity index (χ3n) is 3.66. The average molecular weight is 367 g/mol. The Morgan fingerprint density at radius 1 is 0.800 bits per heavy atom. The van der Waals surface area contributed by atoms with Crippen molar-refractivity contribution in [1.29, 1.82) is 0 Å². The highest BCUT2D eigenvalue weighted by atomic mass is 35.5. The molecule has 0 amide bonds. The Morgan fingerprint density at radius 2 is 1.36 bits per heavy atom. The Labute approximate surface area is 158 Å². The number of hydrogen-bond acceptors (Lipinski definition) is 3. The van der Waals surface area contributed by atoms with Crippen molar-refractivity contribution in [3.63, 3.8) is 0 Å². The summed E-state index contributed by atoms with van der Waals surface area (Å²) < 4.78 is 0. The summed E-state index contributed by atoms with van der Waals surface area (Å²) in [4.78, 5) is 8.97. The summed E-state index contributed by atoms with van der Waals surface area (Å²) in [6.45, 7) is 0. The first-order chi connectivity index (χ1) is 12.1. The maximum absolute atomic E-state index is 5.92. The lowest BCUT2D eigenvalue weighted by Crippen LogP contribution is -2.07. The van der Waals surface area contributed by atoms with E-state index in [9.17, 15) is 0 Å². The van der Waals surface area contributed by atoms with Gasteiger partial charge in [0.05, 0.1) is 5.69 Å². The molecule has 0 unspecified atom stereocenters. The molecule has 0 bridgehead atoms. The Morgan fingerprint density at radius 3 is 1.92 bits per heavy atom. The smallest absolute Gasteiger partial charge is 0.0631 e. The molecular weight excluding hydrogens is 348 g/mol. The first kappa shape index (κ1) is 17.6. The molecule has 0 heterocycles. The predicted octanol–water partition coefficient (Wildman–Crippen LogP) is 6.31. The lowest BCUT2D eigenvalue weighted by Gasteiger charge is -2.11. The molecule has 0 N–H and O–H groups in total. The first-order valence-corrected chi connectivity index (χ1v) is 9.14. The maximum Gasteiger partial charge on any atom is 0.0631 e. The molecule has 0 saturated carbocycles. The zero-order chi connectivity index (χ0) is 17.6. The van der Waals surface area contributed by atoms with Gasteiger partial charge in [-0.2, -0.15) is 0 Å². The van der Waals surface area contributed by atoms with E-state index in [0.29, 0.717) is 0 Å². The zero-order valence-corrected chi connectivity index (χ0v) is 15.8. The molecule has 0 radical (unpaired) electrons. The molecule has 2 nitrogen and oxygen atoms in total. The normalized spacial score (nSPS) is 11.0. The number of rotatable bonds is 5. The first-order valence-electron chi connectivity index (χ1n) is 7.95. The number of hydrogen-bond donors (Lipinski definition) is 0. The molecule has 0 aliphatic carbocycles. The molecule has 0 aliphatic rings. The molecule has 0 aromatic heterocycles. The molecule has 0 atom stereocenters. The summed E-state index contributed by atoms with van der Waals surface area (Å²) in [5.74, 6) is 0. The van der Waals surface area contributed by atoms with Crippen LogP contribution in [0.5, 0.6) is 0 Å². The second-order valence-electron chi connectivity index (χ2n) is 5.79. The summed E-state index contributed by atoms with van der Waals surface area (Å²) in [5, 5.41) is 0.759. The van der Waals surface area contributed by atoms with Gasteiger partial charge in [0, 0.05) is 40.8 Å². The lowest BCUT2D eigenvalue weighted by atomic mass is 10.2. The van der Waals surface area contributed by atoms with Crippen molar-refractivity contribution in [2.45, 2.75) is 9.79 Å². The van der Waals surface area contributed by atoms with Crippen LogP contribution in [0.3, 0.4) is 0 Å². The van der Waals surface area contributed by atoms with Crippen molar-refractivity contribution < 1.29 is 0 Å². The summed E-state index contributed by atoms with van der Waals surface area (Å²) in [7, 11) is 4.06. The second kappa shape index (κ2) is 8.24. The van der Waals surface area contributed by atoms with E-state index in [1.807, 2.05) is 56.7 Å². The molecule has 0 aliphatic heterocycles. The third-order valence-corrected chi connectivity index (χ3v) is 4.93. The molecular formula is C21H19ClN2S. The number of halogens is 1. The fraction of sp³-hybridized carbons (Fsp3) is 0.0952. The van der Waals surface area contributed by atoms with Gasteiger partial charge in [-0.05, 0) is 66.2 Å². The van der Waals surface area contributed by atoms with Gasteiger partial charge in [-0.3, -0.25) is 4.99 Å². The van der Waals surface area contributed by atoms with Gasteiger partial charge < -0.3 is 4.90 Å². The van der Waals surface area contributed by atoms with E-state index in [-0.39, 0.29) is 0 Å². The Kier molecular flexibility index (Phi) is 5.79. The van der Waals surface area contributed by atoms with Crippen LogP contribution in [0.4, 0.5) is 11.4 Å². The topological polar surface area (TPSA) is 15.6 Å². The molecule has 0 spiro atoms. The molecule has 0 saturated heterocycles. The van der Waals surface area contributed by atoms with Crippen molar-refractivity contribution in [1.82, 2.24) is 0 Å². The van der Waals surface area contributed by atoms with Gasteiger partial charge in [0.1, 0.15) is 0 Å². The predicted molar refractivity (Wildman–Crippen MR) is 110 cm³/mol. The average Bonchev–Trinajstić information content (AvgIpc) is 2.63. The monoisotopic (exact) mass is 366 g/mol. The van der Waals surface area contributed by atoms with Gasteiger partial charge in [-0.15, -0.1) is 0 Å². The Bertz CT molecular complexity index is 839. The summed E-state index contributed by atoms with van der Waals surface area (Å²) in [6.07, 6.45) is 1.89. The van der Waals surface area contributed by atoms with E-state index >= 15 is 0 Å². The molecule has 3 aromatic carbocycles. The van der Waals surface area contributed by atoms with E-state index in [4.69, 9.17) is 11.6 Å². The van der Waals surface area contributed by atoms with Crippen molar-refractivity contribution in [2.75, 3.05) is 19.0 Å². The molecule has 3 rings (SSSR count). The van der Waals surface area contributed by atoms with Crippen molar-refractivity contribution in [3.05, 3.63) is 83.4 Å².